The van der Waals surface area contributed by atoms with Gasteiger partial charge in [0.25, 0.3) is 11.6 Å². The van der Waals surface area contributed by atoms with E-state index in [1.54, 1.807) is 13.0 Å². The summed E-state index contributed by atoms with van der Waals surface area (Å²) in [6, 6.07) is 5.77. The number of esters is 1. The summed E-state index contributed by atoms with van der Waals surface area (Å²) in [6.07, 6.45) is 5.88. The van der Waals surface area contributed by atoms with Gasteiger partial charge in [0.2, 0.25) is 0 Å². The van der Waals surface area contributed by atoms with Crippen LogP contribution in [-0.2, 0) is 17.6 Å². The van der Waals surface area contributed by atoms with Crippen LogP contribution in [0.15, 0.2) is 24.3 Å². The van der Waals surface area contributed by atoms with Crippen LogP contribution in [0.2, 0.25) is 0 Å². The Hall–Kier alpha value is -2.74. The fourth-order valence-corrected chi connectivity index (χ4v) is 4.69. The lowest BCUT2D eigenvalue weighted by molar-refractivity contribution is -0.385. The first-order chi connectivity index (χ1) is 13.5. The van der Waals surface area contributed by atoms with E-state index >= 15 is 0 Å². The SMILES string of the molecule is CCOC(=O)c1c(NC(=O)c2ccccc2[N+](=O)[O-])sc2c1CCCCCC2. The van der Waals surface area contributed by atoms with Gasteiger partial charge in [-0.3, -0.25) is 14.9 Å². The van der Waals surface area contributed by atoms with E-state index in [-0.39, 0.29) is 17.9 Å². The van der Waals surface area contributed by atoms with E-state index in [0.29, 0.717) is 10.6 Å². The van der Waals surface area contributed by atoms with E-state index in [1.165, 1.54) is 29.5 Å². The third-order valence-corrected chi connectivity index (χ3v) is 5.93. The molecule has 0 unspecified atom stereocenters. The number of hydrogen-bond acceptors (Lipinski definition) is 6. The predicted molar refractivity (Wildman–Crippen MR) is 107 cm³/mol. The molecule has 7 nitrogen and oxygen atoms in total. The van der Waals surface area contributed by atoms with Gasteiger partial charge in [0.05, 0.1) is 17.1 Å². The molecule has 1 amide bonds. The van der Waals surface area contributed by atoms with Crippen molar-refractivity contribution < 1.29 is 19.2 Å². The largest absolute Gasteiger partial charge is 0.462 e. The third kappa shape index (κ3) is 4.22. The molecule has 1 aromatic carbocycles. The second-order valence-electron chi connectivity index (χ2n) is 6.57. The zero-order valence-corrected chi connectivity index (χ0v) is 16.5. The van der Waals surface area contributed by atoms with E-state index in [2.05, 4.69) is 5.32 Å². The number of amides is 1. The van der Waals surface area contributed by atoms with Crippen molar-refractivity contribution in [2.75, 3.05) is 11.9 Å². The molecule has 0 radical (unpaired) electrons. The number of nitro benzene ring substituents is 1. The quantitative estimate of drug-likeness (QED) is 0.442. The van der Waals surface area contributed by atoms with E-state index in [4.69, 9.17) is 4.74 Å². The van der Waals surface area contributed by atoms with Crippen LogP contribution in [0.4, 0.5) is 10.7 Å². The number of nitrogens with one attached hydrogen (secondary N) is 1. The molecule has 28 heavy (non-hydrogen) atoms. The first-order valence-electron chi connectivity index (χ1n) is 9.39. The van der Waals surface area contributed by atoms with E-state index in [0.717, 1.165) is 49.0 Å². The number of aryl methyl sites for hydroxylation is 1. The number of ether oxygens (including phenoxy) is 1. The fourth-order valence-electron chi connectivity index (χ4n) is 3.42. The lowest BCUT2D eigenvalue weighted by atomic mass is 9.96. The van der Waals surface area contributed by atoms with Crippen molar-refractivity contribution >= 4 is 33.9 Å². The Labute approximate surface area is 166 Å². The average molecular weight is 402 g/mol. The summed E-state index contributed by atoms with van der Waals surface area (Å²) in [5.74, 6) is -1.06. The highest BCUT2D eigenvalue weighted by Crippen LogP contribution is 2.38. The van der Waals surface area contributed by atoms with E-state index in [9.17, 15) is 19.7 Å². The number of nitrogens with zero attached hydrogens (tertiary/aromatic N) is 1. The number of thiophene rings is 1. The number of hydrogen-bond donors (Lipinski definition) is 1. The lowest BCUT2D eigenvalue weighted by Gasteiger charge is -2.11. The Balaban J connectivity index is 1.99. The van der Waals surface area contributed by atoms with Crippen molar-refractivity contribution in [1.29, 1.82) is 0 Å². The van der Waals surface area contributed by atoms with Crippen molar-refractivity contribution in [1.82, 2.24) is 0 Å². The first-order valence-corrected chi connectivity index (χ1v) is 10.2. The minimum Gasteiger partial charge on any atom is -0.462 e. The van der Waals surface area contributed by atoms with Gasteiger partial charge in [-0.1, -0.05) is 25.0 Å². The number of nitro groups is 1. The van der Waals surface area contributed by atoms with Crippen molar-refractivity contribution in [3.05, 3.63) is 55.9 Å². The monoisotopic (exact) mass is 402 g/mol. The molecule has 1 aliphatic rings. The van der Waals surface area contributed by atoms with Crippen LogP contribution < -0.4 is 5.32 Å². The molecule has 0 aliphatic heterocycles. The number of carbonyl (C=O) groups is 2. The van der Waals surface area contributed by atoms with Crippen LogP contribution in [0.3, 0.4) is 0 Å². The maximum absolute atomic E-state index is 12.8. The van der Waals surface area contributed by atoms with Crippen LogP contribution in [-0.4, -0.2) is 23.4 Å². The van der Waals surface area contributed by atoms with Crippen molar-refractivity contribution in [2.45, 2.75) is 45.4 Å². The summed E-state index contributed by atoms with van der Waals surface area (Å²) >= 11 is 1.37. The van der Waals surface area contributed by atoms with Crippen LogP contribution in [0.5, 0.6) is 0 Å². The zero-order valence-electron chi connectivity index (χ0n) is 15.7. The van der Waals surface area contributed by atoms with Gasteiger partial charge in [-0.05, 0) is 44.2 Å². The second-order valence-corrected chi connectivity index (χ2v) is 7.68. The first kappa shape index (κ1) is 20.0. The van der Waals surface area contributed by atoms with Crippen LogP contribution in [0.1, 0.15) is 63.8 Å². The molecule has 1 heterocycles. The van der Waals surface area contributed by atoms with Gasteiger partial charge in [0.15, 0.2) is 0 Å². The van der Waals surface area contributed by atoms with E-state index < -0.39 is 16.8 Å². The third-order valence-electron chi connectivity index (χ3n) is 4.72. The summed E-state index contributed by atoms with van der Waals surface area (Å²) in [6.45, 7) is 1.97. The Kier molecular flexibility index (Phi) is 6.41. The topological polar surface area (TPSA) is 98.5 Å². The predicted octanol–water partition coefficient (Wildman–Crippen LogP) is 4.74. The van der Waals surface area contributed by atoms with Crippen molar-refractivity contribution in [2.24, 2.45) is 0 Å². The number of benzene rings is 1. The molecular weight excluding hydrogens is 380 g/mol. The van der Waals surface area contributed by atoms with Crippen molar-refractivity contribution in [3.63, 3.8) is 0 Å². The molecule has 1 N–H and O–H groups in total. The maximum atomic E-state index is 12.8. The minimum absolute atomic E-state index is 0.0388. The smallest absolute Gasteiger partial charge is 0.341 e. The van der Waals surface area contributed by atoms with Crippen LogP contribution in [0, 0.1) is 10.1 Å². The number of rotatable bonds is 5. The van der Waals surface area contributed by atoms with Gasteiger partial charge < -0.3 is 10.1 Å². The summed E-state index contributed by atoms with van der Waals surface area (Å²) < 4.78 is 5.22. The molecule has 0 saturated heterocycles. The summed E-state index contributed by atoms with van der Waals surface area (Å²) in [7, 11) is 0. The highest BCUT2D eigenvalue weighted by molar-refractivity contribution is 7.17. The lowest BCUT2D eigenvalue weighted by Crippen LogP contribution is -2.16. The second kappa shape index (κ2) is 8.97. The molecule has 0 fully saturated rings. The van der Waals surface area contributed by atoms with Crippen LogP contribution >= 0.6 is 11.3 Å². The molecule has 0 atom stereocenters. The summed E-state index contributed by atoms with van der Waals surface area (Å²) in [5.41, 5.74) is 1.03. The fraction of sp³-hybridized carbons (Fsp3) is 0.400. The standard InChI is InChI=1S/C20H22N2O5S/c1-2-27-20(24)17-14-10-5-3-4-6-12-16(14)28-19(17)21-18(23)13-9-7-8-11-15(13)22(25)26/h7-9,11H,2-6,10,12H2,1H3,(H,21,23). The summed E-state index contributed by atoms with van der Waals surface area (Å²) in [5, 5.41) is 14.4. The van der Waals surface area contributed by atoms with Gasteiger partial charge in [-0.2, -0.15) is 0 Å². The van der Waals surface area contributed by atoms with Gasteiger partial charge in [-0.15, -0.1) is 11.3 Å². The van der Waals surface area contributed by atoms with Crippen LogP contribution in [0.25, 0.3) is 0 Å². The molecule has 148 valence electrons. The minimum atomic E-state index is -0.605. The number of anilines is 1. The van der Waals surface area contributed by atoms with Crippen molar-refractivity contribution in [3.8, 4) is 0 Å². The van der Waals surface area contributed by atoms with Gasteiger partial charge in [-0.25, -0.2) is 4.79 Å². The molecular formula is C20H22N2O5S. The highest BCUT2D eigenvalue weighted by atomic mass is 32.1. The van der Waals surface area contributed by atoms with Gasteiger partial charge in [0.1, 0.15) is 10.6 Å². The molecule has 8 heteroatoms. The van der Waals surface area contributed by atoms with E-state index in [1.807, 2.05) is 0 Å². The zero-order chi connectivity index (χ0) is 20.1. The molecule has 3 rings (SSSR count). The molecule has 1 aliphatic carbocycles. The van der Waals surface area contributed by atoms with Gasteiger partial charge >= 0.3 is 5.97 Å². The Morgan fingerprint density at radius 1 is 1.18 bits per heavy atom. The molecule has 0 bridgehead atoms. The average Bonchev–Trinajstić information content (AvgIpc) is 2.98. The molecule has 0 spiro atoms. The maximum Gasteiger partial charge on any atom is 0.341 e. The highest BCUT2D eigenvalue weighted by Gasteiger charge is 2.28. The summed E-state index contributed by atoms with van der Waals surface area (Å²) in [4.78, 5) is 37.1. The number of fused-ring (bicyclic) bond motifs is 1. The Bertz CT molecular complexity index is 906. The molecule has 0 saturated carbocycles. The number of para-hydroxylation sites is 1. The van der Waals surface area contributed by atoms with Gasteiger partial charge in [0, 0.05) is 10.9 Å². The number of carbonyl (C=O) groups excluding carboxylic acids is 2. The molecule has 2 aromatic rings. The molecule has 1 aromatic heterocycles. The normalized spacial score (nSPS) is 13.8. The Morgan fingerprint density at radius 3 is 2.61 bits per heavy atom. The Morgan fingerprint density at radius 2 is 1.89 bits per heavy atom.